The lowest BCUT2D eigenvalue weighted by Crippen LogP contribution is -2.07. The number of benzene rings is 2. The topological polar surface area (TPSA) is 85.8 Å². The van der Waals surface area contributed by atoms with Crippen molar-refractivity contribution in [3.05, 3.63) is 72.5 Å². The number of hydrogen-bond donors (Lipinski definition) is 1. The predicted molar refractivity (Wildman–Crippen MR) is 112 cm³/mol. The Balaban J connectivity index is 1.53. The normalized spacial score (nSPS) is 10.8. The van der Waals surface area contributed by atoms with Gasteiger partial charge in [0.2, 0.25) is 11.8 Å². The average molecular weight is 405 g/mol. The Kier molecular flexibility index (Phi) is 5.44. The van der Waals surface area contributed by atoms with Crippen molar-refractivity contribution in [2.24, 2.45) is 0 Å². The molecule has 8 heteroatoms. The summed E-state index contributed by atoms with van der Waals surface area (Å²) in [5.74, 6) is 2.52. The molecule has 0 saturated carbocycles. The largest absolute Gasteiger partial charge is 0.440 e. The van der Waals surface area contributed by atoms with Gasteiger partial charge in [-0.1, -0.05) is 48.2 Å². The number of oxazole rings is 1. The maximum absolute atomic E-state index is 11.3. The number of carbonyl (C=O) groups is 1. The third kappa shape index (κ3) is 4.38. The number of rotatable bonds is 6. The summed E-state index contributed by atoms with van der Waals surface area (Å²) in [5, 5.41) is 12.0. The highest BCUT2D eigenvalue weighted by atomic mass is 32.2. The highest BCUT2D eigenvalue weighted by Crippen LogP contribution is 2.28. The minimum atomic E-state index is -0.115. The number of anilines is 1. The van der Waals surface area contributed by atoms with E-state index >= 15 is 0 Å². The number of carbonyl (C=O) groups excluding carboxylic acids is 1. The van der Waals surface area contributed by atoms with Crippen molar-refractivity contribution in [3.63, 3.8) is 0 Å². The van der Waals surface area contributed by atoms with Gasteiger partial charge in [-0.2, -0.15) is 0 Å². The molecular weight excluding hydrogens is 386 g/mol. The Morgan fingerprint density at radius 3 is 2.76 bits per heavy atom. The van der Waals surface area contributed by atoms with Crippen LogP contribution in [-0.2, 0) is 10.5 Å². The molecule has 0 aliphatic heterocycles. The number of aromatic nitrogens is 4. The Labute approximate surface area is 172 Å². The van der Waals surface area contributed by atoms with E-state index in [0.717, 1.165) is 33.7 Å². The third-order valence-corrected chi connectivity index (χ3v) is 5.07. The molecule has 29 heavy (non-hydrogen) atoms. The van der Waals surface area contributed by atoms with E-state index < -0.39 is 0 Å². The molecule has 1 amide bonds. The lowest BCUT2D eigenvalue weighted by atomic mass is 10.2. The maximum Gasteiger partial charge on any atom is 0.221 e. The van der Waals surface area contributed by atoms with Gasteiger partial charge in [-0.25, -0.2) is 4.98 Å². The smallest absolute Gasteiger partial charge is 0.221 e. The van der Waals surface area contributed by atoms with Gasteiger partial charge in [0.25, 0.3) is 0 Å². The van der Waals surface area contributed by atoms with Crippen LogP contribution in [0.4, 0.5) is 5.69 Å². The summed E-state index contributed by atoms with van der Waals surface area (Å²) in [6.45, 7) is 3.37. The number of nitrogens with one attached hydrogen (secondary N) is 1. The molecule has 146 valence electrons. The van der Waals surface area contributed by atoms with Crippen LogP contribution in [0, 0.1) is 6.92 Å². The first kappa shape index (κ1) is 18.9. The second-order valence-electron chi connectivity index (χ2n) is 6.37. The molecule has 0 radical (unpaired) electrons. The Morgan fingerprint density at radius 1 is 1.14 bits per heavy atom. The van der Waals surface area contributed by atoms with E-state index in [1.54, 1.807) is 6.20 Å². The van der Waals surface area contributed by atoms with Crippen LogP contribution in [0.2, 0.25) is 0 Å². The van der Waals surface area contributed by atoms with Crippen molar-refractivity contribution in [2.45, 2.75) is 24.8 Å². The van der Waals surface area contributed by atoms with Crippen LogP contribution in [0.15, 0.2) is 70.4 Å². The molecule has 0 bridgehead atoms. The molecule has 0 unspecified atom stereocenters. The number of hydrogen-bond acceptors (Lipinski definition) is 6. The zero-order valence-corrected chi connectivity index (χ0v) is 16.8. The van der Waals surface area contributed by atoms with Crippen LogP contribution in [-0.4, -0.2) is 25.7 Å². The maximum atomic E-state index is 11.3. The third-order valence-electron chi connectivity index (χ3n) is 4.16. The van der Waals surface area contributed by atoms with E-state index in [0.29, 0.717) is 11.6 Å². The Morgan fingerprint density at radius 2 is 1.97 bits per heavy atom. The molecule has 4 rings (SSSR count). The molecule has 0 atom stereocenters. The minimum Gasteiger partial charge on any atom is -0.440 e. The predicted octanol–water partition coefficient (Wildman–Crippen LogP) is 4.48. The molecule has 4 aromatic rings. The van der Waals surface area contributed by atoms with Crippen molar-refractivity contribution in [1.82, 2.24) is 19.7 Å². The van der Waals surface area contributed by atoms with Crippen LogP contribution in [0.5, 0.6) is 0 Å². The Bertz CT molecular complexity index is 1140. The molecule has 0 spiro atoms. The van der Waals surface area contributed by atoms with Gasteiger partial charge < -0.3 is 9.73 Å². The average Bonchev–Trinajstić information content (AvgIpc) is 3.33. The standard InChI is InChI=1S/C21H19N5O2S/c1-14-24-25-21(26(14)18-10-6-9-17(11-18)23-15(2)27)29-13-20-22-12-19(28-20)16-7-4-3-5-8-16/h3-12H,13H2,1-2H3,(H,23,27). The highest BCUT2D eigenvalue weighted by Gasteiger charge is 2.14. The summed E-state index contributed by atoms with van der Waals surface area (Å²) in [6, 6.07) is 17.4. The molecular formula is C21H19N5O2S. The molecule has 2 aromatic carbocycles. The van der Waals surface area contributed by atoms with Gasteiger partial charge in [0.05, 0.1) is 17.6 Å². The number of nitrogens with zero attached hydrogens (tertiary/aromatic N) is 4. The summed E-state index contributed by atoms with van der Waals surface area (Å²) in [5.41, 5.74) is 2.59. The van der Waals surface area contributed by atoms with Crippen molar-refractivity contribution in [3.8, 4) is 17.0 Å². The van der Waals surface area contributed by atoms with Crippen molar-refractivity contribution in [1.29, 1.82) is 0 Å². The second-order valence-corrected chi connectivity index (χ2v) is 7.31. The highest BCUT2D eigenvalue weighted by molar-refractivity contribution is 7.98. The molecule has 0 saturated heterocycles. The van der Waals surface area contributed by atoms with Gasteiger partial charge in [-0.05, 0) is 25.1 Å². The van der Waals surface area contributed by atoms with Crippen LogP contribution < -0.4 is 5.32 Å². The summed E-state index contributed by atoms with van der Waals surface area (Å²) in [4.78, 5) is 15.7. The lowest BCUT2D eigenvalue weighted by molar-refractivity contribution is -0.114. The number of thioether (sulfide) groups is 1. The monoisotopic (exact) mass is 405 g/mol. The zero-order valence-electron chi connectivity index (χ0n) is 16.0. The van der Waals surface area contributed by atoms with Gasteiger partial charge in [-0.3, -0.25) is 9.36 Å². The van der Waals surface area contributed by atoms with Crippen LogP contribution in [0.3, 0.4) is 0 Å². The van der Waals surface area contributed by atoms with E-state index in [1.165, 1.54) is 18.7 Å². The lowest BCUT2D eigenvalue weighted by Gasteiger charge is -2.10. The first-order valence-corrected chi connectivity index (χ1v) is 10.0. The van der Waals surface area contributed by atoms with Crippen molar-refractivity contribution in [2.75, 3.05) is 5.32 Å². The molecule has 2 heterocycles. The van der Waals surface area contributed by atoms with Gasteiger partial charge >= 0.3 is 0 Å². The molecule has 7 nitrogen and oxygen atoms in total. The molecule has 0 aliphatic rings. The van der Waals surface area contributed by atoms with Crippen LogP contribution in [0.1, 0.15) is 18.6 Å². The number of amides is 1. The van der Waals surface area contributed by atoms with Crippen molar-refractivity contribution >= 4 is 23.4 Å². The first-order chi connectivity index (χ1) is 14.1. The molecule has 0 fully saturated rings. The van der Waals surface area contributed by atoms with E-state index in [-0.39, 0.29) is 5.91 Å². The summed E-state index contributed by atoms with van der Waals surface area (Å²) in [6.07, 6.45) is 1.73. The summed E-state index contributed by atoms with van der Waals surface area (Å²) in [7, 11) is 0. The second kappa shape index (κ2) is 8.32. The minimum absolute atomic E-state index is 0.115. The number of aryl methyl sites for hydroxylation is 1. The summed E-state index contributed by atoms with van der Waals surface area (Å²) < 4.78 is 7.81. The zero-order chi connectivity index (χ0) is 20.2. The van der Waals surface area contributed by atoms with Gasteiger partial charge in [-0.15, -0.1) is 10.2 Å². The van der Waals surface area contributed by atoms with Gasteiger partial charge in [0.15, 0.2) is 10.9 Å². The van der Waals surface area contributed by atoms with Crippen molar-refractivity contribution < 1.29 is 9.21 Å². The van der Waals surface area contributed by atoms with E-state index in [9.17, 15) is 4.79 Å². The van der Waals surface area contributed by atoms with Gasteiger partial charge in [0.1, 0.15) is 5.82 Å². The molecule has 1 N–H and O–H groups in total. The summed E-state index contributed by atoms with van der Waals surface area (Å²) >= 11 is 1.49. The quantitative estimate of drug-likeness (QED) is 0.476. The molecule has 0 aliphatic carbocycles. The fraction of sp³-hybridized carbons (Fsp3) is 0.143. The van der Waals surface area contributed by atoms with E-state index in [2.05, 4.69) is 20.5 Å². The van der Waals surface area contributed by atoms with Crippen LogP contribution >= 0.6 is 11.8 Å². The molecule has 2 aromatic heterocycles. The van der Waals surface area contributed by atoms with E-state index in [1.807, 2.05) is 66.1 Å². The fourth-order valence-corrected chi connectivity index (χ4v) is 3.75. The van der Waals surface area contributed by atoms with Crippen LogP contribution in [0.25, 0.3) is 17.0 Å². The Hall–Kier alpha value is -3.39. The SMILES string of the molecule is CC(=O)Nc1cccc(-n2c(C)nnc2SCc2ncc(-c3ccccc3)o2)c1. The first-order valence-electron chi connectivity index (χ1n) is 9.03. The van der Waals surface area contributed by atoms with Gasteiger partial charge in [0, 0.05) is 18.2 Å². The van der Waals surface area contributed by atoms with E-state index in [4.69, 9.17) is 4.42 Å². The fourth-order valence-electron chi connectivity index (χ4n) is 2.90.